The first-order chi connectivity index (χ1) is 23.7. The smallest absolute Gasteiger partial charge is 0.261 e. The highest BCUT2D eigenvalue weighted by Crippen LogP contribution is 2.30. The topological polar surface area (TPSA) is 127 Å². The molecule has 4 aromatic carbocycles. The molecule has 2 heterocycles. The summed E-state index contributed by atoms with van der Waals surface area (Å²) in [4.78, 5) is 62.4. The number of benzene rings is 4. The van der Waals surface area contributed by atoms with Crippen molar-refractivity contribution in [3.05, 3.63) is 93.6 Å². The fraction of sp³-hybridized carbons (Fsp3) is 0.316. The molecule has 11 nitrogen and oxygen atoms in total. The Hall–Kier alpha value is -4.97. The van der Waals surface area contributed by atoms with E-state index >= 15 is 0 Å². The van der Waals surface area contributed by atoms with E-state index in [1.165, 1.54) is 4.90 Å². The van der Waals surface area contributed by atoms with Gasteiger partial charge in [-0.25, -0.2) is 0 Å². The van der Waals surface area contributed by atoms with Crippen LogP contribution < -0.4 is 20.8 Å². The molecule has 12 heteroatoms. The summed E-state index contributed by atoms with van der Waals surface area (Å²) in [7, 11) is 7.45. The lowest BCUT2D eigenvalue weighted by Gasteiger charge is -2.28. The molecule has 0 atom stereocenters. The molecule has 1 aromatic heterocycles. The Morgan fingerprint density at radius 1 is 0.840 bits per heavy atom. The summed E-state index contributed by atoms with van der Waals surface area (Å²) in [6, 6.07) is 19.9. The molecule has 0 fully saturated rings. The molecule has 0 unspecified atom stereocenters. The van der Waals surface area contributed by atoms with E-state index in [9.17, 15) is 19.2 Å². The van der Waals surface area contributed by atoms with Crippen LogP contribution in [0.15, 0.2) is 71.5 Å². The maximum Gasteiger partial charge on any atom is 0.261 e. The predicted octanol–water partition coefficient (Wildman–Crippen LogP) is 4.98. The molecule has 3 N–H and O–H groups in total. The Morgan fingerprint density at radius 3 is 2.22 bits per heavy atom. The van der Waals surface area contributed by atoms with E-state index in [2.05, 4.69) is 20.5 Å². The van der Waals surface area contributed by atoms with E-state index in [-0.39, 0.29) is 35.6 Å². The number of imide groups is 1. The molecule has 5 aromatic rings. The minimum Gasteiger partial charge on any atom is -0.497 e. The standard InChI is InChI=1S/C38H42N6O5.ClH/c1-42(2)22-18-40-36(46)28-14-16-31(33-34(28)41-30-15-13-25(49-4)23-29(30)35(33)45)39-17-7-19-43(3)20-8-21-44-37(47)26-11-5-9-24-10-6-12-27(32(24)26)38(44)48;/h5-6,9-16,23,39H,7-8,17-22H2,1-4H3,(H,40,46)(H,41,45);1H. The first-order valence-electron chi connectivity index (χ1n) is 16.6. The van der Waals surface area contributed by atoms with Crippen molar-refractivity contribution in [2.24, 2.45) is 0 Å². The van der Waals surface area contributed by atoms with Gasteiger partial charge in [-0.1, -0.05) is 24.3 Å². The Bertz CT molecular complexity index is 2080. The normalized spacial score (nSPS) is 12.6. The van der Waals surface area contributed by atoms with E-state index in [0.29, 0.717) is 89.1 Å². The second-order valence-electron chi connectivity index (χ2n) is 12.7. The molecule has 6 rings (SSSR count). The van der Waals surface area contributed by atoms with Crippen LogP contribution in [-0.4, -0.2) is 105 Å². The van der Waals surface area contributed by atoms with Crippen molar-refractivity contribution in [3.8, 4) is 5.75 Å². The van der Waals surface area contributed by atoms with E-state index in [0.717, 1.165) is 23.7 Å². The molecule has 1 aliphatic rings. The number of amides is 3. The van der Waals surface area contributed by atoms with E-state index < -0.39 is 0 Å². The number of H-pyrrole nitrogens is 1. The SMILES string of the molecule is COc1ccc2[nH]c3c(C(=O)NCCN(C)C)ccc(NCCCN(C)CCCN4C(=O)c5cccc6cccc(c56)C4=O)c3c(=O)c2c1.Cl. The molecule has 0 aliphatic carbocycles. The molecular weight excluding hydrogens is 656 g/mol. The first kappa shape index (κ1) is 36.3. The number of aromatic nitrogens is 1. The van der Waals surface area contributed by atoms with Gasteiger partial charge in [0.2, 0.25) is 0 Å². The number of fused-ring (bicyclic) bond motifs is 2. The van der Waals surface area contributed by atoms with Crippen molar-refractivity contribution in [2.45, 2.75) is 12.8 Å². The maximum atomic E-state index is 13.9. The third-order valence-electron chi connectivity index (χ3n) is 9.06. The van der Waals surface area contributed by atoms with Gasteiger partial charge in [-0.05, 0) is 94.9 Å². The second kappa shape index (κ2) is 15.7. The third-order valence-corrected chi connectivity index (χ3v) is 9.06. The number of hydrogen-bond acceptors (Lipinski definition) is 8. The fourth-order valence-electron chi connectivity index (χ4n) is 6.48. The lowest BCUT2D eigenvalue weighted by Crippen LogP contribution is -2.41. The van der Waals surface area contributed by atoms with E-state index in [1.54, 1.807) is 49.6 Å². The summed E-state index contributed by atoms with van der Waals surface area (Å²) < 4.78 is 5.37. The van der Waals surface area contributed by atoms with Gasteiger partial charge in [0.1, 0.15) is 5.75 Å². The van der Waals surface area contributed by atoms with Crippen LogP contribution in [0.2, 0.25) is 0 Å². The summed E-state index contributed by atoms with van der Waals surface area (Å²) >= 11 is 0. The number of pyridine rings is 1. The van der Waals surface area contributed by atoms with Crippen LogP contribution in [0.4, 0.5) is 5.69 Å². The zero-order chi connectivity index (χ0) is 34.7. The summed E-state index contributed by atoms with van der Waals surface area (Å²) in [6.07, 6.45) is 1.43. The van der Waals surface area contributed by atoms with Crippen molar-refractivity contribution < 1.29 is 19.1 Å². The van der Waals surface area contributed by atoms with Gasteiger partial charge in [0.25, 0.3) is 17.7 Å². The number of nitrogens with one attached hydrogen (secondary N) is 3. The van der Waals surface area contributed by atoms with Gasteiger partial charge in [0.15, 0.2) is 5.43 Å². The minimum atomic E-state index is -0.252. The van der Waals surface area contributed by atoms with Crippen LogP contribution in [0.5, 0.6) is 5.75 Å². The van der Waals surface area contributed by atoms with Crippen LogP contribution in [-0.2, 0) is 0 Å². The van der Waals surface area contributed by atoms with Gasteiger partial charge in [0, 0.05) is 53.8 Å². The number of likely N-dealkylation sites (N-methyl/N-ethyl adjacent to an activating group) is 1. The van der Waals surface area contributed by atoms with Gasteiger partial charge in [-0.2, -0.15) is 0 Å². The molecule has 0 radical (unpaired) electrons. The van der Waals surface area contributed by atoms with Crippen molar-refractivity contribution in [2.75, 3.05) is 72.8 Å². The number of halogens is 1. The Balaban J connectivity index is 0.00000486. The number of methoxy groups -OCH3 is 1. The third kappa shape index (κ3) is 7.30. The Kier molecular flexibility index (Phi) is 11.4. The minimum absolute atomic E-state index is 0. The van der Waals surface area contributed by atoms with Crippen molar-refractivity contribution >= 4 is 68.4 Å². The van der Waals surface area contributed by atoms with Gasteiger partial charge in [0.05, 0.1) is 29.1 Å². The number of rotatable bonds is 14. The van der Waals surface area contributed by atoms with Gasteiger partial charge >= 0.3 is 0 Å². The fourth-order valence-corrected chi connectivity index (χ4v) is 6.48. The van der Waals surface area contributed by atoms with Crippen molar-refractivity contribution in [3.63, 3.8) is 0 Å². The van der Waals surface area contributed by atoms with Crippen molar-refractivity contribution in [1.29, 1.82) is 0 Å². The molecule has 0 spiro atoms. The summed E-state index contributed by atoms with van der Waals surface area (Å²) in [5.74, 6) is -0.167. The lowest BCUT2D eigenvalue weighted by atomic mass is 9.94. The molecule has 262 valence electrons. The second-order valence-corrected chi connectivity index (χ2v) is 12.7. The van der Waals surface area contributed by atoms with E-state index in [4.69, 9.17) is 4.74 Å². The number of aromatic amines is 1. The molecule has 0 saturated carbocycles. The highest BCUT2D eigenvalue weighted by Gasteiger charge is 2.32. The van der Waals surface area contributed by atoms with Crippen LogP contribution in [0.3, 0.4) is 0 Å². The average Bonchev–Trinajstić information content (AvgIpc) is 3.10. The number of nitrogens with zero attached hydrogens (tertiary/aromatic N) is 3. The van der Waals surface area contributed by atoms with Crippen LogP contribution in [0.1, 0.15) is 43.9 Å². The van der Waals surface area contributed by atoms with Crippen LogP contribution >= 0.6 is 12.4 Å². The molecule has 0 bridgehead atoms. The predicted molar refractivity (Wildman–Crippen MR) is 201 cm³/mol. The zero-order valence-electron chi connectivity index (χ0n) is 28.8. The highest BCUT2D eigenvalue weighted by atomic mass is 35.5. The van der Waals surface area contributed by atoms with Crippen LogP contribution in [0, 0.1) is 0 Å². The highest BCUT2D eigenvalue weighted by molar-refractivity contribution is 6.25. The zero-order valence-corrected chi connectivity index (χ0v) is 29.6. The Labute approximate surface area is 297 Å². The lowest BCUT2D eigenvalue weighted by molar-refractivity contribution is 0.0604. The quantitative estimate of drug-likeness (QED) is 0.0843. The summed E-state index contributed by atoms with van der Waals surface area (Å²) in [6.45, 7) is 3.57. The molecule has 1 aliphatic heterocycles. The molecule has 50 heavy (non-hydrogen) atoms. The number of carbonyl (C=O) groups is 3. The average molecular weight is 699 g/mol. The first-order valence-corrected chi connectivity index (χ1v) is 16.6. The molecule has 3 amide bonds. The summed E-state index contributed by atoms with van der Waals surface area (Å²) in [5, 5.41) is 8.91. The van der Waals surface area contributed by atoms with Gasteiger partial charge in [-0.15, -0.1) is 12.4 Å². The van der Waals surface area contributed by atoms with Gasteiger partial charge < -0.3 is 30.2 Å². The van der Waals surface area contributed by atoms with Crippen LogP contribution in [0.25, 0.3) is 32.6 Å². The van der Waals surface area contributed by atoms with Gasteiger partial charge in [-0.3, -0.25) is 24.1 Å². The van der Waals surface area contributed by atoms with E-state index in [1.807, 2.05) is 50.3 Å². The monoisotopic (exact) mass is 698 g/mol. The molecule has 0 saturated heterocycles. The Morgan fingerprint density at radius 2 is 1.54 bits per heavy atom. The summed E-state index contributed by atoms with van der Waals surface area (Å²) in [5.41, 5.74) is 3.10. The van der Waals surface area contributed by atoms with Crippen molar-refractivity contribution in [1.82, 2.24) is 25.0 Å². The molecular formula is C38H43ClN6O5. The largest absolute Gasteiger partial charge is 0.497 e. The number of hydrogen-bond donors (Lipinski definition) is 3. The number of carbonyl (C=O) groups excluding carboxylic acids is 3. The maximum absolute atomic E-state index is 13.9. The number of ether oxygens (including phenoxy) is 1. The number of anilines is 1.